The number of nitrogens with two attached hydrogens (primary N) is 1. The first-order chi connectivity index (χ1) is 8.49. The van der Waals surface area contributed by atoms with Crippen LogP contribution in [0.4, 0.5) is 30.2 Å². The summed E-state index contributed by atoms with van der Waals surface area (Å²) in [6.45, 7) is 0. The second kappa shape index (κ2) is 4.78. The van der Waals surface area contributed by atoms with Crippen molar-refractivity contribution in [1.82, 2.24) is 0 Å². The molecule has 6 heteroatoms. The summed E-state index contributed by atoms with van der Waals surface area (Å²) in [6, 6.07) is 6.42. The fourth-order valence-corrected chi connectivity index (χ4v) is 1.60. The van der Waals surface area contributed by atoms with Crippen molar-refractivity contribution in [3.63, 3.8) is 0 Å². The van der Waals surface area contributed by atoms with Crippen molar-refractivity contribution in [1.29, 1.82) is 0 Å². The van der Waals surface area contributed by atoms with Gasteiger partial charge in [-0.25, -0.2) is 13.2 Å². The van der Waals surface area contributed by atoms with Crippen molar-refractivity contribution >= 4 is 28.7 Å². The Kier molecular flexibility index (Phi) is 3.34. The smallest absolute Gasteiger partial charge is 0.196 e. The molecule has 0 unspecified atom stereocenters. The van der Waals surface area contributed by atoms with Crippen LogP contribution in [0.1, 0.15) is 0 Å². The summed E-state index contributed by atoms with van der Waals surface area (Å²) in [5.41, 5.74) is 6.07. The maximum atomic E-state index is 13.4. The van der Waals surface area contributed by atoms with E-state index in [1.165, 1.54) is 18.2 Å². The lowest BCUT2D eigenvalue weighted by Crippen LogP contribution is -2.01. The Balaban J connectivity index is 2.37. The van der Waals surface area contributed by atoms with E-state index in [-0.39, 0.29) is 11.4 Å². The van der Waals surface area contributed by atoms with Gasteiger partial charge >= 0.3 is 0 Å². The van der Waals surface area contributed by atoms with Gasteiger partial charge in [0.15, 0.2) is 17.5 Å². The van der Waals surface area contributed by atoms with Crippen LogP contribution in [0.2, 0.25) is 5.02 Å². The Hall–Kier alpha value is -1.88. The minimum Gasteiger partial charge on any atom is -0.397 e. The Bertz CT molecular complexity index is 602. The Labute approximate surface area is 106 Å². The molecule has 2 nitrogen and oxygen atoms in total. The van der Waals surface area contributed by atoms with Crippen LogP contribution < -0.4 is 11.1 Å². The highest BCUT2D eigenvalue weighted by Crippen LogP contribution is 2.28. The molecule has 0 radical (unpaired) electrons. The highest BCUT2D eigenvalue weighted by molar-refractivity contribution is 6.31. The van der Waals surface area contributed by atoms with E-state index in [1.807, 2.05) is 0 Å². The molecule has 0 aliphatic rings. The summed E-state index contributed by atoms with van der Waals surface area (Å²) >= 11 is 5.71. The average molecular weight is 273 g/mol. The minimum atomic E-state index is -1.53. The molecule has 0 atom stereocenters. The van der Waals surface area contributed by atoms with E-state index in [4.69, 9.17) is 17.3 Å². The lowest BCUT2D eigenvalue weighted by atomic mass is 10.2. The Morgan fingerprint density at radius 3 is 2.28 bits per heavy atom. The van der Waals surface area contributed by atoms with Crippen LogP contribution >= 0.6 is 11.6 Å². The Morgan fingerprint density at radius 2 is 1.61 bits per heavy atom. The second-order valence-corrected chi connectivity index (χ2v) is 4.02. The average Bonchev–Trinajstić information content (AvgIpc) is 2.33. The van der Waals surface area contributed by atoms with Gasteiger partial charge in [0.05, 0.1) is 17.1 Å². The molecule has 2 aromatic rings. The van der Waals surface area contributed by atoms with Gasteiger partial charge in [0.1, 0.15) is 0 Å². The van der Waals surface area contributed by atoms with Crippen molar-refractivity contribution < 1.29 is 13.2 Å². The molecule has 0 amide bonds. The molecule has 0 saturated heterocycles. The molecule has 18 heavy (non-hydrogen) atoms. The molecular weight excluding hydrogens is 265 g/mol. The van der Waals surface area contributed by atoms with Gasteiger partial charge in [-0.05, 0) is 30.3 Å². The van der Waals surface area contributed by atoms with Crippen LogP contribution in [0.5, 0.6) is 0 Å². The number of anilines is 3. The molecule has 3 N–H and O–H groups in total. The lowest BCUT2D eigenvalue weighted by molar-refractivity contribution is 0.449. The summed E-state index contributed by atoms with van der Waals surface area (Å²) in [7, 11) is 0. The van der Waals surface area contributed by atoms with Crippen molar-refractivity contribution in [2.75, 3.05) is 11.1 Å². The van der Waals surface area contributed by atoms with Gasteiger partial charge in [0.2, 0.25) is 0 Å². The van der Waals surface area contributed by atoms with Crippen LogP contribution in [0.25, 0.3) is 0 Å². The van der Waals surface area contributed by atoms with Gasteiger partial charge in [0, 0.05) is 5.02 Å². The first-order valence-electron chi connectivity index (χ1n) is 4.94. The number of nitrogen functional groups attached to an aromatic ring is 1. The molecule has 0 spiro atoms. The summed E-state index contributed by atoms with van der Waals surface area (Å²) in [5.74, 6) is -4.08. The topological polar surface area (TPSA) is 38.0 Å². The molecule has 2 aromatic carbocycles. The van der Waals surface area contributed by atoms with E-state index < -0.39 is 17.5 Å². The first-order valence-corrected chi connectivity index (χ1v) is 5.32. The van der Waals surface area contributed by atoms with Gasteiger partial charge in [-0.3, -0.25) is 0 Å². The van der Waals surface area contributed by atoms with E-state index in [0.717, 1.165) is 12.1 Å². The molecule has 0 aliphatic carbocycles. The number of hydrogen-bond acceptors (Lipinski definition) is 2. The van der Waals surface area contributed by atoms with E-state index in [1.54, 1.807) is 0 Å². The fourth-order valence-electron chi connectivity index (χ4n) is 1.41. The summed E-state index contributed by atoms with van der Waals surface area (Å²) in [6.07, 6.45) is 0. The van der Waals surface area contributed by atoms with Crippen LogP contribution in [-0.2, 0) is 0 Å². The number of benzene rings is 2. The van der Waals surface area contributed by atoms with Crippen molar-refractivity contribution in [2.45, 2.75) is 0 Å². The standard InChI is InChI=1S/C12H8ClF3N2/c13-6-1-3-9(8(17)5-6)18-10-4-2-7(14)11(15)12(10)16/h1-5,18H,17H2. The molecule has 2 rings (SSSR count). The number of hydrogen-bond donors (Lipinski definition) is 2. The minimum absolute atomic E-state index is 0.206. The van der Waals surface area contributed by atoms with Gasteiger partial charge in [-0.2, -0.15) is 0 Å². The van der Waals surface area contributed by atoms with Gasteiger partial charge in [-0.1, -0.05) is 11.6 Å². The van der Waals surface area contributed by atoms with E-state index in [2.05, 4.69) is 5.32 Å². The number of halogens is 4. The van der Waals surface area contributed by atoms with E-state index in [0.29, 0.717) is 10.7 Å². The lowest BCUT2D eigenvalue weighted by Gasteiger charge is -2.10. The molecular formula is C12H8ClF3N2. The quantitative estimate of drug-likeness (QED) is 0.638. The maximum Gasteiger partial charge on any atom is 0.196 e. The van der Waals surface area contributed by atoms with Crippen LogP contribution in [0, 0.1) is 17.5 Å². The summed E-state index contributed by atoms with van der Waals surface area (Å²) in [5, 5.41) is 2.99. The van der Waals surface area contributed by atoms with Crippen LogP contribution in [0.15, 0.2) is 30.3 Å². The zero-order valence-corrected chi connectivity index (χ0v) is 9.73. The third kappa shape index (κ3) is 2.36. The van der Waals surface area contributed by atoms with Gasteiger partial charge in [0.25, 0.3) is 0 Å². The molecule has 0 saturated carbocycles. The first kappa shape index (κ1) is 12.6. The van der Waals surface area contributed by atoms with Crippen LogP contribution in [-0.4, -0.2) is 0 Å². The Morgan fingerprint density at radius 1 is 0.944 bits per heavy atom. The maximum absolute atomic E-state index is 13.4. The van der Waals surface area contributed by atoms with Crippen LogP contribution in [0.3, 0.4) is 0 Å². The predicted octanol–water partition coefficient (Wildman–Crippen LogP) is 4.08. The van der Waals surface area contributed by atoms with Crippen molar-refractivity contribution in [3.05, 3.63) is 52.8 Å². The van der Waals surface area contributed by atoms with E-state index in [9.17, 15) is 13.2 Å². The molecule has 94 valence electrons. The number of nitrogens with one attached hydrogen (secondary N) is 1. The zero-order chi connectivity index (χ0) is 13.3. The highest BCUT2D eigenvalue weighted by Gasteiger charge is 2.14. The monoisotopic (exact) mass is 272 g/mol. The molecule has 0 heterocycles. The number of rotatable bonds is 2. The zero-order valence-electron chi connectivity index (χ0n) is 8.98. The van der Waals surface area contributed by atoms with Crippen molar-refractivity contribution in [2.24, 2.45) is 0 Å². The predicted molar refractivity (Wildman–Crippen MR) is 65.5 cm³/mol. The second-order valence-electron chi connectivity index (χ2n) is 3.58. The fraction of sp³-hybridized carbons (Fsp3) is 0. The third-order valence-corrected chi connectivity index (χ3v) is 2.55. The van der Waals surface area contributed by atoms with E-state index >= 15 is 0 Å². The largest absolute Gasteiger partial charge is 0.397 e. The summed E-state index contributed by atoms with van der Waals surface area (Å²) in [4.78, 5) is 0. The van der Waals surface area contributed by atoms with Gasteiger partial charge < -0.3 is 11.1 Å². The van der Waals surface area contributed by atoms with Gasteiger partial charge in [-0.15, -0.1) is 0 Å². The van der Waals surface area contributed by atoms with Crippen molar-refractivity contribution in [3.8, 4) is 0 Å². The third-order valence-electron chi connectivity index (χ3n) is 2.32. The highest BCUT2D eigenvalue weighted by atomic mass is 35.5. The SMILES string of the molecule is Nc1cc(Cl)ccc1Nc1ccc(F)c(F)c1F. The normalized spacial score (nSPS) is 10.4. The molecule has 0 aromatic heterocycles. The summed E-state index contributed by atoms with van der Waals surface area (Å²) < 4.78 is 39.2. The molecule has 0 aliphatic heterocycles. The molecule has 0 fully saturated rings. The molecule has 0 bridgehead atoms.